The minimum absolute atomic E-state index is 0.159. The molecule has 1 aliphatic heterocycles. The van der Waals surface area contributed by atoms with E-state index >= 15 is 0 Å². The molecule has 2 aliphatic rings. The lowest BCUT2D eigenvalue weighted by molar-refractivity contribution is -0.485. The first-order valence-corrected chi connectivity index (χ1v) is 7.99. The third-order valence-electron chi connectivity index (χ3n) is 4.88. The molecule has 1 N–H and O–H groups in total. The highest BCUT2D eigenvalue weighted by molar-refractivity contribution is 9.10. The molecule has 1 aromatic heterocycles. The van der Waals surface area contributed by atoms with Crippen LogP contribution in [0.4, 0.5) is 4.39 Å². The van der Waals surface area contributed by atoms with E-state index in [0.717, 1.165) is 25.9 Å². The number of aromatic nitrogens is 1. The van der Waals surface area contributed by atoms with Crippen LogP contribution in [0.25, 0.3) is 0 Å². The molecule has 21 heavy (non-hydrogen) atoms. The summed E-state index contributed by atoms with van der Waals surface area (Å²) < 4.78 is 14.8. The normalized spacial score (nSPS) is 29.3. The van der Waals surface area contributed by atoms with Gasteiger partial charge in [-0.1, -0.05) is 15.9 Å². The molecule has 1 aliphatic carbocycles. The molecule has 0 radical (unpaired) electrons. The first-order chi connectivity index (χ1) is 10.1. The number of halogens is 2. The average Bonchev–Trinajstić information content (AvgIpc) is 2.66. The maximum absolute atomic E-state index is 14.2. The van der Waals surface area contributed by atoms with E-state index in [-0.39, 0.29) is 17.4 Å². The highest BCUT2D eigenvalue weighted by Crippen LogP contribution is 2.48. The van der Waals surface area contributed by atoms with Crippen molar-refractivity contribution in [2.24, 2.45) is 17.8 Å². The molecule has 5 nitrogen and oxygen atoms in total. The molecule has 0 amide bonds. The van der Waals surface area contributed by atoms with Gasteiger partial charge in [-0.25, -0.2) is 4.98 Å². The van der Waals surface area contributed by atoms with E-state index in [4.69, 9.17) is 0 Å². The van der Waals surface area contributed by atoms with E-state index in [1.807, 2.05) is 0 Å². The summed E-state index contributed by atoms with van der Waals surface area (Å²) in [5, 5.41) is 14.5. The Kier molecular flexibility index (Phi) is 4.21. The fourth-order valence-electron chi connectivity index (χ4n) is 4.11. The summed E-state index contributed by atoms with van der Waals surface area (Å²) in [5.41, 5.74) is 0.373. The lowest BCUT2D eigenvalue weighted by Crippen LogP contribution is -2.42. The third-order valence-corrected chi connectivity index (χ3v) is 5.57. The summed E-state index contributed by atoms with van der Waals surface area (Å²) >= 11 is 3.35. The van der Waals surface area contributed by atoms with Gasteiger partial charge in [0, 0.05) is 21.2 Å². The van der Waals surface area contributed by atoms with Crippen LogP contribution in [0.2, 0.25) is 0 Å². The Morgan fingerprint density at radius 3 is 2.71 bits per heavy atom. The van der Waals surface area contributed by atoms with Gasteiger partial charge >= 0.3 is 0 Å². The van der Waals surface area contributed by atoms with Crippen molar-refractivity contribution in [2.45, 2.75) is 18.8 Å². The molecule has 1 aromatic rings. The van der Waals surface area contributed by atoms with Gasteiger partial charge in [0.25, 0.3) is 0 Å². The number of piperidine rings is 1. The largest absolute Gasteiger partial charge is 0.316 e. The summed E-state index contributed by atoms with van der Waals surface area (Å²) in [7, 11) is 0. The van der Waals surface area contributed by atoms with Crippen LogP contribution in [-0.4, -0.2) is 29.5 Å². The molecular formula is C14H17BrFN3O2. The second kappa shape index (κ2) is 5.96. The summed E-state index contributed by atoms with van der Waals surface area (Å²) in [6.45, 7) is 1.50. The Labute approximate surface area is 130 Å². The zero-order valence-electron chi connectivity index (χ0n) is 11.5. The van der Waals surface area contributed by atoms with Crippen LogP contribution in [-0.2, 0) is 0 Å². The van der Waals surface area contributed by atoms with Crippen molar-refractivity contribution in [1.29, 1.82) is 0 Å². The first-order valence-electron chi connectivity index (χ1n) is 7.20. The van der Waals surface area contributed by atoms with Crippen LogP contribution in [0, 0.1) is 33.8 Å². The highest BCUT2D eigenvalue weighted by atomic mass is 79.9. The quantitative estimate of drug-likeness (QED) is 0.510. The number of hydrogen-bond acceptors (Lipinski definition) is 4. The van der Waals surface area contributed by atoms with Gasteiger partial charge in [-0.2, -0.15) is 4.39 Å². The SMILES string of the molecule is O=[N+]([O-])CC(c1c(Br)ccnc1F)C1[C@@H]2CC[C@H]1CNC2. The maximum atomic E-state index is 14.2. The highest BCUT2D eigenvalue weighted by Gasteiger charge is 2.46. The fourth-order valence-corrected chi connectivity index (χ4v) is 4.68. The van der Waals surface area contributed by atoms with E-state index in [1.54, 1.807) is 6.07 Å². The Bertz CT molecular complexity index is 521. The van der Waals surface area contributed by atoms with E-state index < -0.39 is 11.9 Å². The molecule has 2 heterocycles. The Balaban J connectivity index is 2.00. The summed E-state index contributed by atoms with van der Waals surface area (Å²) in [4.78, 5) is 14.5. The number of rotatable bonds is 4. The van der Waals surface area contributed by atoms with Gasteiger partial charge in [-0.05, 0) is 49.8 Å². The minimum Gasteiger partial charge on any atom is -0.316 e. The third kappa shape index (κ3) is 2.81. The van der Waals surface area contributed by atoms with Crippen molar-refractivity contribution >= 4 is 15.9 Å². The van der Waals surface area contributed by atoms with E-state index in [0.29, 0.717) is 21.9 Å². The van der Waals surface area contributed by atoms with Crippen molar-refractivity contribution < 1.29 is 9.31 Å². The first kappa shape index (κ1) is 14.8. The van der Waals surface area contributed by atoms with Gasteiger partial charge in [-0.3, -0.25) is 10.1 Å². The van der Waals surface area contributed by atoms with E-state index in [9.17, 15) is 14.5 Å². The molecule has 4 atom stereocenters. The molecule has 0 spiro atoms. The van der Waals surface area contributed by atoms with Crippen LogP contribution in [0.5, 0.6) is 0 Å². The molecule has 114 valence electrons. The van der Waals surface area contributed by atoms with Gasteiger partial charge in [0.15, 0.2) is 0 Å². The number of nitrogens with one attached hydrogen (secondary N) is 1. The number of fused-ring (bicyclic) bond motifs is 2. The lowest BCUT2D eigenvalue weighted by atomic mass is 9.74. The molecule has 2 bridgehead atoms. The average molecular weight is 358 g/mol. The molecule has 1 saturated heterocycles. The van der Waals surface area contributed by atoms with Crippen molar-refractivity contribution in [3.63, 3.8) is 0 Å². The Morgan fingerprint density at radius 1 is 1.48 bits per heavy atom. The Morgan fingerprint density at radius 2 is 2.14 bits per heavy atom. The van der Waals surface area contributed by atoms with Crippen LogP contribution >= 0.6 is 15.9 Å². The predicted octanol–water partition coefficient (Wildman–Crippen LogP) is 2.59. The van der Waals surface area contributed by atoms with Gasteiger partial charge in [-0.15, -0.1) is 0 Å². The second-order valence-corrected chi connectivity index (χ2v) is 6.81. The molecule has 1 saturated carbocycles. The molecule has 2 fully saturated rings. The topological polar surface area (TPSA) is 68.1 Å². The zero-order chi connectivity index (χ0) is 15.0. The van der Waals surface area contributed by atoms with Crippen molar-refractivity contribution in [2.75, 3.05) is 19.6 Å². The van der Waals surface area contributed by atoms with Gasteiger partial charge < -0.3 is 5.32 Å². The van der Waals surface area contributed by atoms with E-state index in [2.05, 4.69) is 26.2 Å². The summed E-state index contributed by atoms with van der Waals surface area (Å²) in [5.74, 6) is -0.0658. The predicted molar refractivity (Wildman–Crippen MR) is 79.1 cm³/mol. The van der Waals surface area contributed by atoms with Crippen LogP contribution in [0.3, 0.4) is 0 Å². The molecule has 7 heteroatoms. The van der Waals surface area contributed by atoms with Crippen LogP contribution in [0.1, 0.15) is 24.3 Å². The molecule has 3 rings (SSSR count). The molecule has 0 aromatic carbocycles. The minimum atomic E-state index is -0.589. The monoisotopic (exact) mass is 357 g/mol. The van der Waals surface area contributed by atoms with E-state index in [1.165, 1.54) is 6.20 Å². The van der Waals surface area contributed by atoms with Gasteiger partial charge in [0.2, 0.25) is 12.5 Å². The lowest BCUT2D eigenvalue weighted by Gasteiger charge is -2.35. The number of pyridine rings is 1. The number of hydrogen-bond donors (Lipinski definition) is 1. The molecule has 2 unspecified atom stereocenters. The maximum Gasteiger partial charge on any atom is 0.217 e. The standard InChI is InChI=1S/C14H17BrFN3O2/c15-11-3-4-18-14(16)13(11)10(7-19(20)21)12-8-1-2-9(12)6-17-5-8/h3-4,8-10,12,17H,1-2,5-7H2/t8-,9+,10?,12?. The van der Waals surface area contributed by atoms with Crippen LogP contribution < -0.4 is 5.32 Å². The smallest absolute Gasteiger partial charge is 0.217 e. The number of nitrogens with zero attached hydrogens (tertiary/aromatic N) is 2. The van der Waals surface area contributed by atoms with Crippen molar-refractivity contribution in [3.05, 3.63) is 38.4 Å². The summed E-state index contributed by atoms with van der Waals surface area (Å²) in [6.07, 6.45) is 3.51. The second-order valence-electron chi connectivity index (χ2n) is 5.95. The van der Waals surface area contributed by atoms with Crippen LogP contribution in [0.15, 0.2) is 16.7 Å². The number of nitro groups is 1. The molecular weight excluding hydrogens is 341 g/mol. The van der Waals surface area contributed by atoms with Gasteiger partial charge in [0.05, 0.1) is 5.92 Å². The van der Waals surface area contributed by atoms with Gasteiger partial charge in [0.1, 0.15) is 0 Å². The van der Waals surface area contributed by atoms with Crippen molar-refractivity contribution in [1.82, 2.24) is 10.3 Å². The Hall–Kier alpha value is -1.08. The van der Waals surface area contributed by atoms with Crippen molar-refractivity contribution in [3.8, 4) is 0 Å². The zero-order valence-corrected chi connectivity index (χ0v) is 13.1. The fraction of sp³-hybridized carbons (Fsp3) is 0.643. The summed E-state index contributed by atoms with van der Waals surface area (Å²) in [6, 6.07) is 1.66.